The van der Waals surface area contributed by atoms with E-state index in [0.717, 1.165) is 0 Å². The molecule has 0 N–H and O–H groups in total. The molecular formula is C69H50S2Si2. The molecule has 11 aromatic carbocycles. The van der Waals surface area contributed by atoms with E-state index in [4.69, 9.17) is 0 Å². The zero-order chi connectivity index (χ0) is 48.7. The zero-order valence-corrected chi connectivity index (χ0v) is 44.4. The van der Waals surface area contributed by atoms with E-state index in [1.165, 1.54) is 115 Å². The maximum Gasteiger partial charge on any atom is 0.181 e. The summed E-state index contributed by atoms with van der Waals surface area (Å²) in [5.74, 6) is 0. The fraction of sp³-hybridized carbons (Fsp3) is 0.0435. The lowest BCUT2D eigenvalue weighted by Crippen LogP contribution is -2.75. The van der Waals surface area contributed by atoms with Crippen molar-refractivity contribution < 1.29 is 0 Å². The van der Waals surface area contributed by atoms with E-state index in [9.17, 15) is 0 Å². The summed E-state index contributed by atoms with van der Waals surface area (Å²) in [4.78, 5) is 0. The smallest absolute Gasteiger partial charge is 0.135 e. The Bertz CT molecular complexity index is 4150. The highest BCUT2D eigenvalue weighted by Gasteiger charge is 2.47. The molecular weight excluding hydrogens is 949 g/mol. The van der Waals surface area contributed by atoms with Gasteiger partial charge in [0.25, 0.3) is 0 Å². The second-order valence-electron chi connectivity index (χ2n) is 20.3. The summed E-state index contributed by atoms with van der Waals surface area (Å²) in [7, 11) is -5.93. The van der Waals surface area contributed by atoms with Gasteiger partial charge >= 0.3 is 0 Å². The standard InChI is InChI=1S/C69H50S2Si2/c1-69(2)62-45-53(72(48-23-7-3-8-24-48,49-25-9-4-10-26-49)52-31-19-22-47(44-52)55-34-20-35-60-58-32-15-17-37-64(58)70-67(55)60)40-42-56(62)57-43-41-54(46-63(57)69)73(50-27-11-5-12-28-50,51-29-13-6-14-30-51)66-39-21-36-61-59-33-16-18-38-65(59)71-68(61)66/h3-46H,1-2H3. The Morgan fingerprint density at radius 1 is 0.288 bits per heavy atom. The van der Waals surface area contributed by atoms with Crippen molar-refractivity contribution in [2.75, 3.05) is 0 Å². The van der Waals surface area contributed by atoms with Crippen LogP contribution in [-0.4, -0.2) is 16.1 Å². The van der Waals surface area contributed by atoms with Crippen LogP contribution in [0.2, 0.25) is 0 Å². The topological polar surface area (TPSA) is 0 Å². The molecule has 0 saturated heterocycles. The molecule has 14 rings (SSSR count). The molecule has 0 aliphatic heterocycles. The number of benzene rings is 11. The van der Waals surface area contributed by atoms with Crippen LogP contribution < -0.4 is 41.5 Å². The summed E-state index contributed by atoms with van der Waals surface area (Å²) in [5.41, 5.74) is 7.73. The monoisotopic (exact) mass is 998 g/mol. The van der Waals surface area contributed by atoms with Crippen molar-refractivity contribution in [1.82, 2.24) is 0 Å². The molecule has 0 unspecified atom stereocenters. The lowest BCUT2D eigenvalue weighted by Gasteiger charge is -2.36. The van der Waals surface area contributed by atoms with Crippen molar-refractivity contribution in [2.24, 2.45) is 0 Å². The molecule has 0 radical (unpaired) electrons. The van der Waals surface area contributed by atoms with Crippen molar-refractivity contribution >= 4 is 121 Å². The third-order valence-electron chi connectivity index (χ3n) is 16.2. The molecule has 346 valence electrons. The Kier molecular flexibility index (Phi) is 10.4. The Labute approximate surface area is 437 Å². The highest BCUT2D eigenvalue weighted by Crippen LogP contribution is 2.48. The van der Waals surface area contributed by atoms with Crippen LogP contribution in [0, 0.1) is 0 Å². The average Bonchev–Trinajstić information content (AvgIpc) is 4.11. The van der Waals surface area contributed by atoms with Crippen LogP contribution in [0.25, 0.3) is 62.6 Å². The van der Waals surface area contributed by atoms with Gasteiger partial charge in [0, 0.05) is 45.8 Å². The first-order valence-electron chi connectivity index (χ1n) is 25.4. The highest BCUT2D eigenvalue weighted by atomic mass is 32.1. The maximum absolute atomic E-state index is 2.97. The molecule has 0 fully saturated rings. The van der Waals surface area contributed by atoms with Crippen molar-refractivity contribution in [2.45, 2.75) is 19.3 Å². The van der Waals surface area contributed by atoms with Gasteiger partial charge in [0.15, 0.2) is 16.1 Å². The van der Waals surface area contributed by atoms with Crippen LogP contribution in [0.5, 0.6) is 0 Å². The molecule has 2 aromatic heterocycles. The van der Waals surface area contributed by atoms with Gasteiger partial charge in [0.2, 0.25) is 0 Å². The molecule has 0 amide bonds. The lowest BCUT2D eigenvalue weighted by molar-refractivity contribution is 0.661. The lowest BCUT2D eigenvalue weighted by atomic mass is 9.82. The minimum atomic E-state index is -2.97. The van der Waals surface area contributed by atoms with E-state index in [1.807, 2.05) is 22.7 Å². The molecule has 0 atom stereocenters. The van der Waals surface area contributed by atoms with E-state index >= 15 is 0 Å². The number of thiophene rings is 2. The first-order valence-corrected chi connectivity index (χ1v) is 31.0. The quantitative estimate of drug-likeness (QED) is 0.0999. The maximum atomic E-state index is 2.64. The fourth-order valence-corrected chi connectivity index (χ4v) is 25.5. The second kappa shape index (κ2) is 17.2. The van der Waals surface area contributed by atoms with Crippen molar-refractivity contribution in [3.63, 3.8) is 0 Å². The van der Waals surface area contributed by atoms with Crippen LogP contribution >= 0.6 is 22.7 Å². The third-order valence-corrected chi connectivity index (χ3v) is 28.4. The summed E-state index contributed by atoms with van der Waals surface area (Å²) >= 11 is 3.86. The molecule has 73 heavy (non-hydrogen) atoms. The molecule has 1 aliphatic rings. The fourth-order valence-electron chi connectivity index (χ4n) is 12.9. The summed E-state index contributed by atoms with van der Waals surface area (Å²) in [6.07, 6.45) is 0. The van der Waals surface area contributed by atoms with Gasteiger partial charge in [-0.15, -0.1) is 22.7 Å². The van der Waals surface area contributed by atoms with Crippen LogP contribution in [0.3, 0.4) is 0 Å². The van der Waals surface area contributed by atoms with Crippen LogP contribution in [0.15, 0.2) is 267 Å². The Morgan fingerprint density at radius 2 is 0.685 bits per heavy atom. The van der Waals surface area contributed by atoms with Gasteiger partial charge in [0.05, 0.1) is 0 Å². The average molecular weight is 999 g/mol. The Balaban J connectivity index is 0.985. The van der Waals surface area contributed by atoms with E-state index < -0.39 is 16.1 Å². The molecule has 0 spiro atoms. The van der Waals surface area contributed by atoms with Gasteiger partial charge in [-0.05, 0) is 87.0 Å². The second-order valence-corrected chi connectivity index (χ2v) is 29.9. The van der Waals surface area contributed by atoms with Gasteiger partial charge in [-0.1, -0.05) is 269 Å². The van der Waals surface area contributed by atoms with Crippen LogP contribution in [0.4, 0.5) is 0 Å². The predicted octanol–water partition coefficient (Wildman–Crippen LogP) is 13.2. The zero-order valence-electron chi connectivity index (χ0n) is 40.7. The number of hydrogen-bond donors (Lipinski definition) is 0. The first kappa shape index (κ1) is 44.0. The van der Waals surface area contributed by atoms with E-state index in [0.29, 0.717) is 0 Å². The summed E-state index contributed by atoms with van der Waals surface area (Å²) < 4.78 is 5.40. The number of hydrogen-bond acceptors (Lipinski definition) is 2. The number of fused-ring (bicyclic) bond motifs is 9. The SMILES string of the molecule is CC1(C)c2cc([Si](c3ccccc3)(c3ccccc3)c3cccc(-c4cccc5c4sc4ccccc45)c3)ccc2-c2ccc([Si](c3ccccc3)(c3ccccc3)c3cccc4c3sc3ccccc34)cc21. The molecule has 4 heteroatoms. The van der Waals surface area contributed by atoms with Crippen LogP contribution in [0.1, 0.15) is 25.0 Å². The predicted molar refractivity (Wildman–Crippen MR) is 322 cm³/mol. The summed E-state index contributed by atoms with van der Waals surface area (Å²) in [6, 6.07) is 102. The highest BCUT2D eigenvalue weighted by molar-refractivity contribution is 7.31. The van der Waals surface area contributed by atoms with Crippen molar-refractivity contribution in [3.8, 4) is 22.3 Å². The molecule has 2 heterocycles. The normalized spacial score (nSPS) is 13.2. The molecule has 0 saturated carbocycles. The van der Waals surface area contributed by atoms with E-state index in [-0.39, 0.29) is 5.41 Å². The van der Waals surface area contributed by atoms with E-state index in [1.54, 1.807) is 0 Å². The first-order chi connectivity index (χ1) is 36.0. The van der Waals surface area contributed by atoms with Gasteiger partial charge in [0.1, 0.15) is 0 Å². The van der Waals surface area contributed by atoms with Gasteiger partial charge in [-0.3, -0.25) is 0 Å². The summed E-state index contributed by atoms with van der Waals surface area (Å²) in [5, 5.41) is 16.5. The molecule has 0 bridgehead atoms. The largest absolute Gasteiger partial charge is 0.181 e. The molecule has 1 aliphatic carbocycles. The van der Waals surface area contributed by atoms with Crippen LogP contribution in [-0.2, 0) is 5.41 Å². The minimum Gasteiger partial charge on any atom is -0.135 e. The van der Waals surface area contributed by atoms with Gasteiger partial charge in [-0.25, -0.2) is 0 Å². The molecule has 13 aromatic rings. The number of rotatable bonds is 9. The van der Waals surface area contributed by atoms with Crippen molar-refractivity contribution in [1.29, 1.82) is 0 Å². The Hall–Kier alpha value is -7.71. The van der Waals surface area contributed by atoms with Gasteiger partial charge < -0.3 is 0 Å². The third kappa shape index (κ3) is 6.61. The Morgan fingerprint density at radius 3 is 1.23 bits per heavy atom. The van der Waals surface area contributed by atoms with E-state index in [2.05, 4.69) is 281 Å². The summed E-state index contributed by atoms with van der Waals surface area (Å²) in [6.45, 7) is 4.96. The molecule has 0 nitrogen and oxygen atoms in total. The van der Waals surface area contributed by atoms with Gasteiger partial charge in [-0.2, -0.15) is 0 Å². The minimum absolute atomic E-state index is 0.292. The van der Waals surface area contributed by atoms with Crippen molar-refractivity contribution in [3.05, 3.63) is 278 Å².